The summed E-state index contributed by atoms with van der Waals surface area (Å²) in [6.45, 7) is 10.9. The molecule has 0 aliphatic heterocycles. The van der Waals surface area contributed by atoms with Crippen LogP contribution >= 0.6 is 11.6 Å². The Bertz CT molecular complexity index is 687. The van der Waals surface area contributed by atoms with E-state index in [1.807, 2.05) is 24.3 Å². The molecule has 0 aliphatic carbocycles. The van der Waals surface area contributed by atoms with Gasteiger partial charge in [0.1, 0.15) is 5.75 Å². The summed E-state index contributed by atoms with van der Waals surface area (Å²) in [6, 6.07) is 9.47. The lowest BCUT2D eigenvalue weighted by Crippen LogP contribution is -2.44. The number of fused-ring (bicyclic) bond motifs is 1. The minimum absolute atomic E-state index is 0.0634. The van der Waals surface area contributed by atoms with Crippen molar-refractivity contribution in [2.75, 3.05) is 0 Å². The van der Waals surface area contributed by atoms with Gasteiger partial charge in [0.2, 0.25) is 0 Å². The maximum Gasteiger partial charge on any atom is 0.250 e. The van der Waals surface area contributed by atoms with Crippen molar-refractivity contribution in [2.24, 2.45) is 0 Å². The summed E-state index contributed by atoms with van der Waals surface area (Å²) in [7, 11) is -2.03. The summed E-state index contributed by atoms with van der Waals surface area (Å²) in [5.74, 6) is 0.664. The number of rotatable bonds is 3. The van der Waals surface area contributed by atoms with Gasteiger partial charge in [-0.3, -0.25) is 4.79 Å². The van der Waals surface area contributed by atoms with Crippen LogP contribution in [-0.4, -0.2) is 14.6 Å². The normalized spacial score (nSPS) is 12.5. The van der Waals surface area contributed by atoms with Crippen LogP contribution in [0, 0.1) is 0 Å². The number of carbonyl (C=O) groups excluding carboxylic acids is 1. The smallest absolute Gasteiger partial charge is 0.250 e. The van der Waals surface area contributed by atoms with Crippen molar-refractivity contribution >= 4 is 37.0 Å². The van der Waals surface area contributed by atoms with Crippen molar-refractivity contribution in [3.05, 3.63) is 40.9 Å². The van der Waals surface area contributed by atoms with E-state index in [1.165, 1.54) is 0 Å². The van der Waals surface area contributed by atoms with Crippen LogP contribution in [0.5, 0.6) is 5.75 Å². The summed E-state index contributed by atoms with van der Waals surface area (Å²) in [5, 5.41) is 2.46. The van der Waals surface area contributed by atoms with Crippen molar-refractivity contribution in [2.45, 2.75) is 38.9 Å². The zero-order chi connectivity index (χ0) is 15.8. The molecular formula is C17H21ClO2Si. The highest BCUT2D eigenvalue weighted by molar-refractivity contribution is 6.74. The van der Waals surface area contributed by atoms with E-state index in [2.05, 4.69) is 33.9 Å². The summed E-state index contributed by atoms with van der Waals surface area (Å²) in [5.41, 5.74) is 0.517. The van der Waals surface area contributed by atoms with Crippen LogP contribution in [0.2, 0.25) is 23.2 Å². The fraction of sp³-hybridized carbons (Fsp3) is 0.353. The largest absolute Gasteiger partial charge is 0.543 e. The third-order valence-corrected chi connectivity index (χ3v) is 8.90. The van der Waals surface area contributed by atoms with Gasteiger partial charge in [-0.1, -0.05) is 56.6 Å². The summed E-state index contributed by atoms with van der Waals surface area (Å²) < 4.78 is 6.41. The van der Waals surface area contributed by atoms with Gasteiger partial charge in [0.05, 0.1) is 5.56 Å². The molecule has 0 saturated heterocycles. The summed E-state index contributed by atoms with van der Waals surface area (Å²) >= 11 is 6.27. The SMILES string of the molecule is CC(C)(C)[Si](C)(C)Oc1c(C=O)cc(Cl)c2ccccc12. The molecule has 2 aromatic carbocycles. The van der Waals surface area contributed by atoms with E-state index in [9.17, 15) is 4.79 Å². The Morgan fingerprint density at radius 2 is 1.71 bits per heavy atom. The maximum absolute atomic E-state index is 11.4. The van der Waals surface area contributed by atoms with Gasteiger partial charge in [-0.25, -0.2) is 0 Å². The monoisotopic (exact) mass is 320 g/mol. The van der Waals surface area contributed by atoms with Gasteiger partial charge >= 0.3 is 0 Å². The van der Waals surface area contributed by atoms with E-state index in [0.717, 1.165) is 17.1 Å². The minimum atomic E-state index is -2.03. The van der Waals surface area contributed by atoms with Crippen LogP contribution < -0.4 is 4.43 Å². The van der Waals surface area contributed by atoms with Crippen LogP contribution in [-0.2, 0) is 0 Å². The Balaban J connectivity index is 2.68. The number of carbonyl (C=O) groups is 1. The van der Waals surface area contributed by atoms with Gasteiger partial charge < -0.3 is 4.43 Å². The zero-order valence-corrected chi connectivity index (χ0v) is 14.9. The van der Waals surface area contributed by atoms with Gasteiger partial charge in [0.25, 0.3) is 8.32 Å². The molecule has 0 atom stereocenters. The average Bonchev–Trinajstić information content (AvgIpc) is 2.40. The van der Waals surface area contributed by atoms with Gasteiger partial charge in [0, 0.05) is 15.8 Å². The Morgan fingerprint density at radius 1 is 1.14 bits per heavy atom. The highest BCUT2D eigenvalue weighted by Gasteiger charge is 2.39. The number of halogens is 1. The lowest BCUT2D eigenvalue weighted by atomic mass is 10.1. The van der Waals surface area contributed by atoms with Gasteiger partial charge in [-0.15, -0.1) is 0 Å². The fourth-order valence-corrected chi connectivity index (χ4v) is 3.26. The number of hydrogen-bond acceptors (Lipinski definition) is 2. The molecule has 0 aromatic heterocycles. The molecule has 0 radical (unpaired) electrons. The van der Waals surface area contributed by atoms with Crippen LogP contribution in [0.3, 0.4) is 0 Å². The molecule has 0 aliphatic rings. The molecule has 0 bridgehead atoms. The van der Waals surface area contributed by atoms with Crippen LogP contribution in [0.1, 0.15) is 31.1 Å². The molecule has 0 fully saturated rings. The lowest BCUT2D eigenvalue weighted by Gasteiger charge is -2.37. The topological polar surface area (TPSA) is 26.3 Å². The second kappa shape index (κ2) is 5.47. The summed E-state index contributed by atoms with van der Waals surface area (Å²) in [4.78, 5) is 11.4. The van der Waals surface area contributed by atoms with Crippen LogP contribution in [0.25, 0.3) is 10.8 Å². The van der Waals surface area contributed by atoms with E-state index in [4.69, 9.17) is 16.0 Å². The highest BCUT2D eigenvalue weighted by Crippen LogP contribution is 2.41. The number of aldehydes is 1. The van der Waals surface area contributed by atoms with Crippen molar-refractivity contribution in [1.82, 2.24) is 0 Å². The molecule has 0 amide bonds. The van der Waals surface area contributed by atoms with Crippen molar-refractivity contribution < 1.29 is 9.22 Å². The quantitative estimate of drug-likeness (QED) is 0.536. The molecule has 4 heteroatoms. The van der Waals surface area contributed by atoms with E-state index in [0.29, 0.717) is 16.3 Å². The number of benzene rings is 2. The second-order valence-corrected chi connectivity index (χ2v) is 11.9. The van der Waals surface area contributed by atoms with E-state index < -0.39 is 8.32 Å². The summed E-state index contributed by atoms with van der Waals surface area (Å²) in [6.07, 6.45) is 0.820. The van der Waals surface area contributed by atoms with E-state index in [1.54, 1.807) is 6.07 Å². The first-order valence-corrected chi connectivity index (χ1v) is 10.3. The molecule has 112 valence electrons. The molecule has 0 heterocycles. The van der Waals surface area contributed by atoms with Crippen molar-refractivity contribution in [1.29, 1.82) is 0 Å². The van der Waals surface area contributed by atoms with Gasteiger partial charge in [0.15, 0.2) is 6.29 Å². The zero-order valence-electron chi connectivity index (χ0n) is 13.2. The molecular weight excluding hydrogens is 300 g/mol. The third-order valence-electron chi connectivity index (χ3n) is 4.26. The predicted molar refractivity (Wildman–Crippen MR) is 92.2 cm³/mol. The number of hydrogen-bond donors (Lipinski definition) is 0. The molecule has 0 spiro atoms. The van der Waals surface area contributed by atoms with Crippen molar-refractivity contribution in [3.63, 3.8) is 0 Å². The van der Waals surface area contributed by atoms with Crippen molar-refractivity contribution in [3.8, 4) is 5.75 Å². The van der Waals surface area contributed by atoms with Crippen LogP contribution in [0.15, 0.2) is 30.3 Å². The Kier molecular flexibility index (Phi) is 4.18. The predicted octanol–water partition coefficient (Wildman–Crippen LogP) is 5.69. The molecule has 2 aromatic rings. The second-order valence-electron chi connectivity index (χ2n) is 6.80. The minimum Gasteiger partial charge on any atom is -0.543 e. The molecule has 0 N–H and O–H groups in total. The van der Waals surface area contributed by atoms with Gasteiger partial charge in [-0.05, 0) is 24.2 Å². The first-order chi connectivity index (χ1) is 9.67. The standard InChI is InChI=1S/C17H21ClO2Si/c1-17(2,3)21(4,5)20-16-12(11-19)10-15(18)13-8-6-7-9-14(13)16/h6-11H,1-5H3. The first kappa shape index (κ1) is 16.1. The Hall–Kier alpha value is -1.32. The van der Waals surface area contributed by atoms with E-state index >= 15 is 0 Å². The highest BCUT2D eigenvalue weighted by atomic mass is 35.5. The molecule has 2 nitrogen and oxygen atoms in total. The molecule has 0 unspecified atom stereocenters. The third kappa shape index (κ3) is 2.99. The lowest BCUT2D eigenvalue weighted by molar-refractivity contribution is 0.112. The first-order valence-electron chi connectivity index (χ1n) is 7.03. The Labute approximate surface area is 132 Å². The molecule has 21 heavy (non-hydrogen) atoms. The van der Waals surface area contributed by atoms with Crippen LogP contribution in [0.4, 0.5) is 0 Å². The Morgan fingerprint density at radius 3 is 2.24 bits per heavy atom. The average molecular weight is 321 g/mol. The fourth-order valence-electron chi connectivity index (χ4n) is 1.93. The van der Waals surface area contributed by atoms with Gasteiger partial charge in [-0.2, -0.15) is 0 Å². The van der Waals surface area contributed by atoms with E-state index in [-0.39, 0.29) is 5.04 Å². The molecule has 0 saturated carbocycles. The maximum atomic E-state index is 11.4. The molecule has 2 rings (SSSR count).